The molecule has 2 heterocycles. The molecule has 146 valence electrons. The van der Waals surface area contributed by atoms with Crippen molar-refractivity contribution in [3.63, 3.8) is 0 Å². The van der Waals surface area contributed by atoms with Gasteiger partial charge in [0.25, 0.3) is 0 Å². The molecule has 0 spiro atoms. The number of carbonyl (C=O) groups excluding carboxylic acids is 1. The Morgan fingerprint density at radius 3 is 2.46 bits per heavy atom. The lowest BCUT2D eigenvalue weighted by atomic mass is 10.1. The van der Waals surface area contributed by atoms with Crippen molar-refractivity contribution < 1.29 is 4.79 Å². The van der Waals surface area contributed by atoms with Crippen LogP contribution in [0.25, 0.3) is 10.9 Å². The van der Waals surface area contributed by atoms with Crippen molar-refractivity contribution in [2.24, 2.45) is 0 Å². The fourth-order valence-electron chi connectivity index (χ4n) is 3.98. The summed E-state index contributed by atoms with van der Waals surface area (Å²) in [6, 6.07) is 19.0. The number of carbonyl (C=O) groups is 1. The van der Waals surface area contributed by atoms with E-state index in [-0.39, 0.29) is 5.91 Å². The number of hydrogen-bond donors (Lipinski definition) is 1. The van der Waals surface area contributed by atoms with E-state index in [9.17, 15) is 4.79 Å². The largest absolute Gasteiger partial charge is 0.352 e. The summed E-state index contributed by atoms with van der Waals surface area (Å²) in [6.45, 7) is 4.77. The Morgan fingerprint density at radius 1 is 0.893 bits per heavy atom. The fraction of sp³-hybridized carbons (Fsp3) is 0.375. The summed E-state index contributed by atoms with van der Waals surface area (Å²) in [5.74, 6) is 0.0928. The minimum atomic E-state index is 0.0928. The summed E-state index contributed by atoms with van der Waals surface area (Å²) >= 11 is 0. The number of hydrogen-bond acceptors (Lipinski definition) is 2. The van der Waals surface area contributed by atoms with Crippen molar-refractivity contribution in [2.75, 3.05) is 13.1 Å². The first kappa shape index (κ1) is 18.8. The Labute approximate surface area is 167 Å². The maximum absolute atomic E-state index is 12.2. The highest BCUT2D eigenvalue weighted by molar-refractivity contribution is 5.80. The van der Waals surface area contributed by atoms with Crippen molar-refractivity contribution in [1.82, 2.24) is 14.8 Å². The van der Waals surface area contributed by atoms with E-state index in [4.69, 9.17) is 0 Å². The zero-order valence-corrected chi connectivity index (χ0v) is 16.4. The third-order valence-corrected chi connectivity index (χ3v) is 5.63. The lowest BCUT2D eigenvalue weighted by Crippen LogP contribution is -2.29. The maximum Gasteiger partial charge on any atom is 0.222 e. The van der Waals surface area contributed by atoms with Gasteiger partial charge in [-0.05, 0) is 54.6 Å². The zero-order valence-electron chi connectivity index (χ0n) is 16.4. The topological polar surface area (TPSA) is 37.3 Å². The van der Waals surface area contributed by atoms with Gasteiger partial charge in [0.1, 0.15) is 0 Å². The van der Waals surface area contributed by atoms with Crippen LogP contribution in [0.5, 0.6) is 0 Å². The quantitative estimate of drug-likeness (QED) is 0.667. The van der Waals surface area contributed by atoms with Gasteiger partial charge in [0, 0.05) is 37.8 Å². The van der Waals surface area contributed by atoms with Gasteiger partial charge < -0.3 is 9.88 Å². The molecule has 4 nitrogen and oxygen atoms in total. The van der Waals surface area contributed by atoms with Crippen LogP contribution in [0, 0.1) is 0 Å². The Kier molecular flexibility index (Phi) is 6.07. The Morgan fingerprint density at radius 2 is 1.64 bits per heavy atom. The first-order valence-electron chi connectivity index (χ1n) is 10.4. The average molecular weight is 376 g/mol. The molecular formula is C24H29N3O. The average Bonchev–Trinajstić information content (AvgIpc) is 3.16. The third-order valence-electron chi connectivity index (χ3n) is 5.63. The molecule has 28 heavy (non-hydrogen) atoms. The standard InChI is InChI=1S/C24H29N3O/c28-24(13-17-27-16-12-22-6-2-3-7-23(22)27)25-18-20-8-10-21(11-9-20)19-26-14-4-1-5-15-26/h2-3,6-12,16H,1,4-5,13-15,17-19H2,(H,25,28). The number of piperidine rings is 1. The minimum Gasteiger partial charge on any atom is -0.352 e. The van der Waals surface area contributed by atoms with Crippen LogP contribution in [0.15, 0.2) is 60.8 Å². The van der Waals surface area contributed by atoms with Gasteiger partial charge in [-0.2, -0.15) is 0 Å². The second-order valence-electron chi connectivity index (χ2n) is 7.75. The van der Waals surface area contributed by atoms with E-state index < -0.39 is 0 Å². The Bertz CT molecular complexity index is 907. The summed E-state index contributed by atoms with van der Waals surface area (Å²) in [6.07, 6.45) is 6.56. The molecule has 0 saturated carbocycles. The highest BCUT2D eigenvalue weighted by Gasteiger charge is 2.10. The van der Waals surface area contributed by atoms with Crippen LogP contribution < -0.4 is 5.32 Å². The number of rotatable bonds is 7. The van der Waals surface area contributed by atoms with Gasteiger partial charge in [-0.3, -0.25) is 9.69 Å². The summed E-state index contributed by atoms with van der Waals surface area (Å²) in [5.41, 5.74) is 3.69. The van der Waals surface area contributed by atoms with Crippen LogP contribution >= 0.6 is 0 Å². The molecule has 1 aliphatic heterocycles. The highest BCUT2D eigenvalue weighted by Crippen LogP contribution is 2.16. The van der Waals surface area contributed by atoms with Crippen molar-refractivity contribution in [3.8, 4) is 0 Å². The molecule has 0 bridgehead atoms. The molecule has 4 rings (SSSR count). The number of nitrogens with zero attached hydrogens (tertiary/aromatic N) is 2. The van der Waals surface area contributed by atoms with E-state index in [0.717, 1.165) is 12.1 Å². The number of benzene rings is 2. The van der Waals surface area contributed by atoms with E-state index in [1.807, 2.05) is 12.1 Å². The van der Waals surface area contributed by atoms with Crippen LogP contribution in [-0.2, 0) is 24.4 Å². The zero-order chi connectivity index (χ0) is 19.2. The number of nitrogens with one attached hydrogen (secondary N) is 1. The molecule has 0 aliphatic carbocycles. The van der Waals surface area contributed by atoms with Crippen LogP contribution in [-0.4, -0.2) is 28.5 Å². The first-order valence-corrected chi connectivity index (χ1v) is 10.4. The SMILES string of the molecule is O=C(CCn1ccc2ccccc21)NCc1ccc(CN2CCCCC2)cc1. The van der Waals surface area contributed by atoms with Crippen molar-refractivity contribution >= 4 is 16.8 Å². The summed E-state index contributed by atoms with van der Waals surface area (Å²) < 4.78 is 2.14. The van der Waals surface area contributed by atoms with Crippen molar-refractivity contribution in [2.45, 2.75) is 45.3 Å². The Hall–Kier alpha value is -2.59. The molecular weight excluding hydrogens is 346 g/mol. The van der Waals surface area contributed by atoms with Gasteiger partial charge in [0.2, 0.25) is 5.91 Å². The van der Waals surface area contributed by atoms with Crippen LogP contribution in [0.4, 0.5) is 0 Å². The van der Waals surface area contributed by atoms with Gasteiger partial charge in [0.05, 0.1) is 0 Å². The van der Waals surface area contributed by atoms with Crippen LogP contribution in [0.3, 0.4) is 0 Å². The second-order valence-corrected chi connectivity index (χ2v) is 7.75. The predicted octanol–water partition coefficient (Wildman–Crippen LogP) is 4.33. The van der Waals surface area contributed by atoms with Crippen LogP contribution in [0.1, 0.15) is 36.8 Å². The molecule has 2 aromatic carbocycles. The van der Waals surface area contributed by atoms with Gasteiger partial charge in [-0.1, -0.05) is 48.9 Å². The van der Waals surface area contributed by atoms with Gasteiger partial charge in [0.15, 0.2) is 0 Å². The molecule has 1 N–H and O–H groups in total. The highest BCUT2D eigenvalue weighted by atomic mass is 16.1. The van der Waals surface area contributed by atoms with Gasteiger partial charge in [-0.15, -0.1) is 0 Å². The summed E-state index contributed by atoms with van der Waals surface area (Å²) in [5, 5.41) is 4.26. The van der Waals surface area contributed by atoms with E-state index in [0.29, 0.717) is 19.5 Å². The van der Waals surface area contributed by atoms with Crippen LogP contribution in [0.2, 0.25) is 0 Å². The van der Waals surface area contributed by atoms with Gasteiger partial charge in [-0.25, -0.2) is 0 Å². The lowest BCUT2D eigenvalue weighted by molar-refractivity contribution is -0.121. The number of para-hydroxylation sites is 1. The molecule has 3 aromatic rings. The van der Waals surface area contributed by atoms with Crippen molar-refractivity contribution in [1.29, 1.82) is 0 Å². The maximum atomic E-state index is 12.2. The summed E-state index contributed by atoms with van der Waals surface area (Å²) in [4.78, 5) is 14.8. The summed E-state index contributed by atoms with van der Waals surface area (Å²) in [7, 11) is 0. The molecule has 4 heteroatoms. The normalized spacial score (nSPS) is 15.0. The second kappa shape index (κ2) is 9.07. The van der Waals surface area contributed by atoms with E-state index in [2.05, 4.69) is 63.4 Å². The smallest absolute Gasteiger partial charge is 0.222 e. The predicted molar refractivity (Wildman–Crippen MR) is 114 cm³/mol. The fourth-order valence-corrected chi connectivity index (χ4v) is 3.98. The molecule has 1 saturated heterocycles. The molecule has 0 atom stereocenters. The van der Waals surface area contributed by atoms with E-state index >= 15 is 0 Å². The molecule has 1 amide bonds. The molecule has 1 aromatic heterocycles. The number of aromatic nitrogens is 1. The molecule has 0 radical (unpaired) electrons. The van der Waals surface area contributed by atoms with E-state index in [1.54, 1.807) is 0 Å². The van der Waals surface area contributed by atoms with Gasteiger partial charge >= 0.3 is 0 Å². The lowest BCUT2D eigenvalue weighted by Gasteiger charge is -2.26. The number of amides is 1. The number of aryl methyl sites for hydroxylation is 1. The third kappa shape index (κ3) is 4.82. The monoisotopic (exact) mass is 375 g/mol. The first-order chi connectivity index (χ1) is 13.8. The Balaban J connectivity index is 1.23. The van der Waals surface area contributed by atoms with Crippen molar-refractivity contribution in [3.05, 3.63) is 71.9 Å². The van der Waals surface area contributed by atoms with E-state index in [1.165, 1.54) is 48.8 Å². The number of likely N-dealkylation sites (tertiary alicyclic amines) is 1. The molecule has 1 fully saturated rings. The molecule has 1 aliphatic rings. The molecule has 0 unspecified atom stereocenters. The number of fused-ring (bicyclic) bond motifs is 1. The minimum absolute atomic E-state index is 0.0928.